The van der Waals surface area contributed by atoms with Gasteiger partial charge < -0.3 is 10.2 Å². The first kappa shape index (κ1) is 19.1. The third kappa shape index (κ3) is 4.35. The highest BCUT2D eigenvalue weighted by Gasteiger charge is 2.32. The summed E-state index contributed by atoms with van der Waals surface area (Å²) >= 11 is 0. The van der Waals surface area contributed by atoms with Gasteiger partial charge in [-0.2, -0.15) is 13.2 Å². The number of rotatable bonds is 4. The van der Waals surface area contributed by atoms with Crippen LogP contribution in [-0.2, 0) is 11.0 Å². The van der Waals surface area contributed by atoms with E-state index in [-0.39, 0.29) is 23.6 Å². The van der Waals surface area contributed by atoms with Crippen LogP contribution < -0.4 is 5.32 Å². The maximum atomic E-state index is 12.9. The predicted molar refractivity (Wildman–Crippen MR) is 93.6 cm³/mol. The summed E-state index contributed by atoms with van der Waals surface area (Å²) in [5, 5.41) is 2.85. The fraction of sp³-hybridized carbons (Fsp3) is 0.444. The summed E-state index contributed by atoms with van der Waals surface area (Å²) in [5.41, 5.74) is -0.0184. The highest BCUT2D eigenvalue weighted by Crippen LogP contribution is 2.31. The van der Waals surface area contributed by atoms with Crippen LogP contribution in [0, 0.1) is 0 Å². The van der Waals surface area contributed by atoms with Crippen LogP contribution in [0.5, 0.6) is 0 Å². The molecule has 0 unspecified atom stereocenters. The number of hydrogen-bond acceptors (Lipinski definition) is 5. The average molecular weight is 379 g/mol. The van der Waals surface area contributed by atoms with Gasteiger partial charge in [0.1, 0.15) is 17.5 Å². The fourth-order valence-corrected chi connectivity index (χ4v) is 2.75. The van der Waals surface area contributed by atoms with E-state index in [0.29, 0.717) is 24.7 Å². The van der Waals surface area contributed by atoms with Crippen LogP contribution in [0.25, 0.3) is 0 Å². The highest BCUT2D eigenvalue weighted by molar-refractivity contribution is 5.74. The topological polar surface area (TPSA) is 71.0 Å². The number of nitrogens with one attached hydrogen (secondary N) is 1. The van der Waals surface area contributed by atoms with Gasteiger partial charge in [-0.15, -0.1) is 0 Å². The predicted octanol–water partition coefficient (Wildman–Crippen LogP) is 3.70. The summed E-state index contributed by atoms with van der Waals surface area (Å²) in [6.45, 7) is 6.54. The Labute approximate surface area is 154 Å². The first-order chi connectivity index (χ1) is 12.6. The molecular formula is C18H20F3N5O. The van der Waals surface area contributed by atoms with E-state index in [1.165, 1.54) is 6.92 Å². The first-order valence-corrected chi connectivity index (χ1v) is 8.58. The van der Waals surface area contributed by atoms with Crippen LogP contribution in [0.4, 0.5) is 24.8 Å². The smallest absolute Gasteiger partial charge is 0.341 e. The number of pyridine rings is 1. The van der Waals surface area contributed by atoms with E-state index < -0.39 is 11.7 Å². The number of amides is 1. The molecule has 0 bridgehead atoms. The molecule has 2 aromatic rings. The standard InChI is InChI=1S/C18H20F3N5O/c1-10(2)17-23-14(12-8-26(9-12)11(3)27)7-16(25-17)24-15-6-13(4-5-22-15)18(19,20)21/h4-7,10,12H,8-9H2,1-3H3,(H,22,23,24,25). The lowest BCUT2D eigenvalue weighted by molar-refractivity contribution is -0.137. The Morgan fingerprint density at radius 2 is 1.93 bits per heavy atom. The van der Waals surface area contributed by atoms with Crippen molar-refractivity contribution < 1.29 is 18.0 Å². The Bertz CT molecular complexity index is 847. The largest absolute Gasteiger partial charge is 0.416 e. The maximum absolute atomic E-state index is 12.9. The van der Waals surface area contributed by atoms with E-state index in [0.717, 1.165) is 24.0 Å². The van der Waals surface area contributed by atoms with Crippen molar-refractivity contribution in [3.05, 3.63) is 41.5 Å². The van der Waals surface area contributed by atoms with Crippen molar-refractivity contribution in [1.29, 1.82) is 0 Å². The van der Waals surface area contributed by atoms with Gasteiger partial charge >= 0.3 is 6.18 Å². The number of likely N-dealkylation sites (tertiary alicyclic amines) is 1. The number of nitrogens with zero attached hydrogens (tertiary/aromatic N) is 4. The number of halogens is 3. The molecule has 1 fully saturated rings. The lowest BCUT2D eigenvalue weighted by Gasteiger charge is -2.38. The van der Waals surface area contributed by atoms with Crippen LogP contribution in [0.15, 0.2) is 24.4 Å². The van der Waals surface area contributed by atoms with Crippen molar-refractivity contribution in [3.63, 3.8) is 0 Å². The summed E-state index contributed by atoms with van der Waals surface area (Å²) in [7, 11) is 0. The third-order valence-corrected chi connectivity index (χ3v) is 4.37. The zero-order chi connectivity index (χ0) is 19.8. The molecule has 1 saturated heterocycles. The van der Waals surface area contributed by atoms with Gasteiger partial charge in [0.05, 0.1) is 11.3 Å². The summed E-state index contributed by atoms with van der Waals surface area (Å²) in [4.78, 5) is 26.0. The Kier molecular flexibility index (Phi) is 5.03. The number of carbonyl (C=O) groups excluding carboxylic acids is 1. The second-order valence-electron chi connectivity index (χ2n) is 6.86. The maximum Gasteiger partial charge on any atom is 0.416 e. The van der Waals surface area contributed by atoms with E-state index in [4.69, 9.17) is 0 Å². The van der Waals surface area contributed by atoms with Crippen LogP contribution in [-0.4, -0.2) is 38.8 Å². The molecule has 1 aliphatic rings. The molecule has 6 nitrogen and oxygen atoms in total. The Balaban J connectivity index is 1.86. The van der Waals surface area contributed by atoms with E-state index in [1.54, 1.807) is 11.0 Å². The molecule has 3 rings (SSSR count). The molecule has 3 heterocycles. The summed E-state index contributed by atoms with van der Waals surface area (Å²) in [6, 6.07) is 3.56. The van der Waals surface area contributed by atoms with Gasteiger partial charge in [-0.05, 0) is 12.1 Å². The molecule has 0 saturated carbocycles. The molecule has 1 N–H and O–H groups in total. The fourth-order valence-electron chi connectivity index (χ4n) is 2.75. The lowest BCUT2D eigenvalue weighted by Crippen LogP contribution is -2.47. The van der Waals surface area contributed by atoms with Crippen molar-refractivity contribution >= 4 is 17.5 Å². The number of carbonyl (C=O) groups is 1. The van der Waals surface area contributed by atoms with Crippen LogP contribution in [0.1, 0.15) is 49.7 Å². The van der Waals surface area contributed by atoms with Gasteiger partial charge in [0.15, 0.2) is 0 Å². The molecule has 9 heteroatoms. The van der Waals surface area contributed by atoms with Gasteiger partial charge in [0, 0.05) is 44.1 Å². The monoisotopic (exact) mass is 379 g/mol. The molecule has 144 valence electrons. The second kappa shape index (κ2) is 7.13. The van der Waals surface area contributed by atoms with E-state index >= 15 is 0 Å². The molecular weight excluding hydrogens is 359 g/mol. The highest BCUT2D eigenvalue weighted by atomic mass is 19.4. The molecule has 27 heavy (non-hydrogen) atoms. The van der Waals surface area contributed by atoms with Crippen molar-refractivity contribution in [2.24, 2.45) is 0 Å². The zero-order valence-corrected chi connectivity index (χ0v) is 15.2. The summed E-state index contributed by atoms with van der Waals surface area (Å²) in [6.07, 6.45) is -3.34. The molecule has 0 aromatic carbocycles. The Morgan fingerprint density at radius 1 is 1.22 bits per heavy atom. The zero-order valence-electron chi connectivity index (χ0n) is 15.2. The third-order valence-electron chi connectivity index (χ3n) is 4.37. The molecule has 0 spiro atoms. The average Bonchev–Trinajstić information content (AvgIpc) is 2.52. The molecule has 0 aliphatic carbocycles. The Hall–Kier alpha value is -2.71. The molecule has 0 radical (unpaired) electrons. The van der Waals surface area contributed by atoms with Crippen LogP contribution in [0.3, 0.4) is 0 Å². The Morgan fingerprint density at radius 3 is 2.52 bits per heavy atom. The summed E-state index contributed by atoms with van der Waals surface area (Å²) < 4.78 is 38.7. The van der Waals surface area contributed by atoms with Crippen molar-refractivity contribution in [1.82, 2.24) is 19.9 Å². The van der Waals surface area contributed by atoms with Crippen LogP contribution in [0.2, 0.25) is 0 Å². The number of aromatic nitrogens is 3. The summed E-state index contributed by atoms with van der Waals surface area (Å²) in [5.74, 6) is 1.17. The first-order valence-electron chi connectivity index (χ1n) is 8.58. The minimum Gasteiger partial charge on any atom is -0.341 e. The molecule has 2 aromatic heterocycles. The van der Waals surface area contributed by atoms with Gasteiger partial charge in [-0.3, -0.25) is 4.79 Å². The number of alkyl halides is 3. The SMILES string of the molecule is CC(=O)N1CC(c2cc(Nc3cc(C(F)(F)F)ccn3)nc(C(C)C)n2)C1. The minimum absolute atomic E-state index is 0.0101. The van der Waals surface area contributed by atoms with Gasteiger partial charge in [-0.25, -0.2) is 15.0 Å². The number of anilines is 2. The molecule has 1 amide bonds. The quantitative estimate of drug-likeness (QED) is 0.877. The van der Waals surface area contributed by atoms with Crippen molar-refractivity contribution in [2.45, 2.75) is 38.8 Å². The van der Waals surface area contributed by atoms with Crippen molar-refractivity contribution in [3.8, 4) is 0 Å². The molecule has 1 aliphatic heterocycles. The number of hydrogen-bond donors (Lipinski definition) is 1. The minimum atomic E-state index is -4.44. The van der Waals surface area contributed by atoms with Crippen molar-refractivity contribution in [2.75, 3.05) is 18.4 Å². The van der Waals surface area contributed by atoms with E-state index in [9.17, 15) is 18.0 Å². The normalized spacial score (nSPS) is 15.0. The van der Waals surface area contributed by atoms with E-state index in [2.05, 4.69) is 20.3 Å². The lowest BCUT2D eigenvalue weighted by atomic mass is 9.95. The van der Waals surface area contributed by atoms with Gasteiger partial charge in [-0.1, -0.05) is 13.8 Å². The van der Waals surface area contributed by atoms with E-state index in [1.807, 2.05) is 13.8 Å². The van der Waals surface area contributed by atoms with Gasteiger partial charge in [0.2, 0.25) is 5.91 Å². The molecule has 0 atom stereocenters. The van der Waals surface area contributed by atoms with Crippen LogP contribution >= 0.6 is 0 Å². The van der Waals surface area contributed by atoms with Gasteiger partial charge in [0.25, 0.3) is 0 Å². The second-order valence-corrected chi connectivity index (χ2v) is 6.86.